The van der Waals surface area contributed by atoms with Crippen LogP contribution in [0.2, 0.25) is 0 Å². The molecule has 0 bridgehead atoms. The molecule has 3 heteroatoms. The first-order valence-corrected chi connectivity index (χ1v) is 6.27. The lowest BCUT2D eigenvalue weighted by Gasteiger charge is -2.40. The summed E-state index contributed by atoms with van der Waals surface area (Å²) >= 11 is 0. The van der Waals surface area contributed by atoms with Gasteiger partial charge in [-0.2, -0.15) is 0 Å². The van der Waals surface area contributed by atoms with Gasteiger partial charge in [-0.15, -0.1) is 0 Å². The van der Waals surface area contributed by atoms with Crippen LogP contribution in [0.25, 0.3) is 0 Å². The van der Waals surface area contributed by atoms with E-state index in [1.807, 2.05) is 0 Å². The van der Waals surface area contributed by atoms with Crippen LogP contribution in [0.15, 0.2) is 0 Å². The van der Waals surface area contributed by atoms with Crippen molar-refractivity contribution in [1.29, 1.82) is 0 Å². The van der Waals surface area contributed by atoms with Gasteiger partial charge in [0.2, 0.25) is 0 Å². The predicted octanol–water partition coefficient (Wildman–Crippen LogP) is 2.41. The number of hydrogen-bond acceptors (Lipinski definition) is 3. The van der Waals surface area contributed by atoms with Crippen molar-refractivity contribution in [1.82, 2.24) is 5.32 Å². The van der Waals surface area contributed by atoms with Crippen LogP contribution in [-0.4, -0.2) is 33.1 Å². The molecule has 0 heterocycles. The summed E-state index contributed by atoms with van der Waals surface area (Å²) in [6.07, 6.45) is 3.74. The zero-order valence-electron chi connectivity index (χ0n) is 11.4. The summed E-state index contributed by atoms with van der Waals surface area (Å²) in [6, 6.07) is 0.612. The van der Waals surface area contributed by atoms with E-state index >= 15 is 0 Å². The van der Waals surface area contributed by atoms with Crippen LogP contribution in [0.1, 0.15) is 40.0 Å². The minimum Gasteiger partial charge on any atom is -0.355 e. The monoisotopic (exact) mass is 229 g/mol. The van der Waals surface area contributed by atoms with Gasteiger partial charge in [0.15, 0.2) is 6.29 Å². The molecule has 0 aromatic carbocycles. The Balaban J connectivity index is 2.33. The number of ether oxygens (including phenoxy) is 2. The second-order valence-electron chi connectivity index (χ2n) is 5.80. The third-order valence-corrected chi connectivity index (χ3v) is 3.77. The van der Waals surface area contributed by atoms with Crippen molar-refractivity contribution in [2.24, 2.45) is 11.3 Å². The average Bonchev–Trinajstić information content (AvgIpc) is 2.21. The number of rotatable bonds is 5. The van der Waals surface area contributed by atoms with Gasteiger partial charge in [-0.1, -0.05) is 20.8 Å². The van der Waals surface area contributed by atoms with E-state index in [0.717, 1.165) is 12.5 Å². The minimum atomic E-state index is -0.123. The highest BCUT2D eigenvalue weighted by atomic mass is 16.7. The second kappa shape index (κ2) is 5.99. The molecule has 3 nitrogen and oxygen atoms in total. The Morgan fingerprint density at radius 1 is 1.31 bits per heavy atom. The van der Waals surface area contributed by atoms with Gasteiger partial charge in [0, 0.05) is 26.8 Å². The number of nitrogens with one attached hydrogen (secondary N) is 1. The molecule has 96 valence electrons. The Morgan fingerprint density at radius 2 is 1.94 bits per heavy atom. The first-order valence-electron chi connectivity index (χ1n) is 6.27. The Labute approximate surface area is 99.9 Å². The summed E-state index contributed by atoms with van der Waals surface area (Å²) in [5.41, 5.74) is 0.513. The van der Waals surface area contributed by atoms with Gasteiger partial charge in [-0.3, -0.25) is 0 Å². The highest BCUT2D eigenvalue weighted by Crippen LogP contribution is 2.38. The van der Waals surface area contributed by atoms with E-state index in [1.165, 1.54) is 19.3 Å². The fourth-order valence-corrected chi connectivity index (χ4v) is 2.76. The van der Waals surface area contributed by atoms with Gasteiger partial charge in [0.05, 0.1) is 0 Å². The molecule has 2 unspecified atom stereocenters. The molecule has 1 fully saturated rings. The van der Waals surface area contributed by atoms with Crippen LogP contribution in [0.4, 0.5) is 0 Å². The molecule has 0 aromatic rings. The summed E-state index contributed by atoms with van der Waals surface area (Å²) in [7, 11) is 3.37. The highest BCUT2D eigenvalue weighted by Gasteiger charge is 2.32. The second-order valence-corrected chi connectivity index (χ2v) is 5.80. The molecule has 1 aliphatic rings. The summed E-state index contributed by atoms with van der Waals surface area (Å²) in [5.74, 6) is 0.734. The van der Waals surface area contributed by atoms with Crippen LogP contribution in [0, 0.1) is 11.3 Å². The molecule has 0 amide bonds. The third-order valence-electron chi connectivity index (χ3n) is 3.77. The lowest BCUT2D eigenvalue weighted by molar-refractivity contribution is -0.101. The van der Waals surface area contributed by atoms with Gasteiger partial charge in [-0.25, -0.2) is 0 Å². The third kappa shape index (κ3) is 4.04. The first kappa shape index (κ1) is 13.9. The quantitative estimate of drug-likeness (QED) is 0.734. The number of methoxy groups -OCH3 is 2. The lowest BCUT2D eigenvalue weighted by atomic mass is 9.70. The molecular formula is C13H27NO2. The zero-order chi connectivity index (χ0) is 12.2. The molecule has 1 saturated carbocycles. The van der Waals surface area contributed by atoms with Crippen LogP contribution in [0.5, 0.6) is 0 Å². The van der Waals surface area contributed by atoms with Crippen molar-refractivity contribution in [3.8, 4) is 0 Å². The molecule has 1 aliphatic carbocycles. The standard InChI is InChI=1S/C13H27NO2/c1-10-8-13(2,3)7-6-11(10)14-9-12(15-4)16-5/h10-12,14H,6-9H2,1-5H3. The van der Waals surface area contributed by atoms with Gasteiger partial charge < -0.3 is 14.8 Å². The van der Waals surface area contributed by atoms with Crippen molar-refractivity contribution < 1.29 is 9.47 Å². The SMILES string of the molecule is COC(CNC1CCC(C)(C)CC1C)OC. The van der Waals surface area contributed by atoms with E-state index in [9.17, 15) is 0 Å². The minimum absolute atomic E-state index is 0.123. The maximum Gasteiger partial charge on any atom is 0.169 e. The van der Waals surface area contributed by atoms with E-state index in [-0.39, 0.29) is 6.29 Å². The molecule has 1 N–H and O–H groups in total. The summed E-state index contributed by atoms with van der Waals surface area (Å²) in [5, 5.41) is 3.56. The topological polar surface area (TPSA) is 30.5 Å². The van der Waals surface area contributed by atoms with Gasteiger partial charge in [0.1, 0.15) is 0 Å². The largest absolute Gasteiger partial charge is 0.355 e. The summed E-state index contributed by atoms with van der Waals surface area (Å²) < 4.78 is 10.4. The van der Waals surface area contributed by atoms with Crippen molar-refractivity contribution in [2.45, 2.75) is 52.4 Å². The normalized spacial score (nSPS) is 29.6. The molecule has 0 radical (unpaired) electrons. The van der Waals surface area contributed by atoms with Crippen LogP contribution >= 0.6 is 0 Å². The van der Waals surface area contributed by atoms with Crippen molar-refractivity contribution in [3.63, 3.8) is 0 Å². The maximum atomic E-state index is 5.18. The molecular weight excluding hydrogens is 202 g/mol. The van der Waals surface area contributed by atoms with E-state index < -0.39 is 0 Å². The number of hydrogen-bond donors (Lipinski definition) is 1. The molecule has 0 spiro atoms. The van der Waals surface area contributed by atoms with Crippen LogP contribution in [-0.2, 0) is 9.47 Å². The van der Waals surface area contributed by atoms with Crippen LogP contribution < -0.4 is 5.32 Å². The lowest BCUT2D eigenvalue weighted by Crippen LogP contribution is -2.45. The van der Waals surface area contributed by atoms with Gasteiger partial charge >= 0.3 is 0 Å². The van der Waals surface area contributed by atoms with E-state index in [2.05, 4.69) is 26.1 Å². The molecule has 1 rings (SSSR count). The van der Waals surface area contributed by atoms with E-state index in [0.29, 0.717) is 11.5 Å². The molecule has 0 aliphatic heterocycles. The van der Waals surface area contributed by atoms with Gasteiger partial charge in [0.25, 0.3) is 0 Å². The smallest absolute Gasteiger partial charge is 0.169 e. The molecule has 0 aromatic heterocycles. The Bertz CT molecular complexity index is 202. The summed E-state index contributed by atoms with van der Waals surface area (Å²) in [4.78, 5) is 0. The average molecular weight is 229 g/mol. The van der Waals surface area contributed by atoms with Crippen molar-refractivity contribution in [2.75, 3.05) is 20.8 Å². The predicted molar refractivity (Wildman–Crippen MR) is 66.4 cm³/mol. The Hall–Kier alpha value is -0.120. The van der Waals surface area contributed by atoms with E-state index in [4.69, 9.17) is 9.47 Å². The highest BCUT2D eigenvalue weighted by molar-refractivity contribution is 4.86. The molecule has 0 saturated heterocycles. The molecule has 2 atom stereocenters. The summed E-state index contributed by atoms with van der Waals surface area (Å²) in [6.45, 7) is 7.86. The van der Waals surface area contributed by atoms with Crippen molar-refractivity contribution in [3.05, 3.63) is 0 Å². The molecule has 16 heavy (non-hydrogen) atoms. The fourth-order valence-electron chi connectivity index (χ4n) is 2.76. The van der Waals surface area contributed by atoms with Crippen LogP contribution in [0.3, 0.4) is 0 Å². The Kier molecular flexibility index (Phi) is 5.22. The maximum absolute atomic E-state index is 5.18. The van der Waals surface area contributed by atoms with Crippen molar-refractivity contribution >= 4 is 0 Å². The Morgan fingerprint density at radius 3 is 2.44 bits per heavy atom. The van der Waals surface area contributed by atoms with Gasteiger partial charge in [-0.05, 0) is 30.6 Å². The zero-order valence-corrected chi connectivity index (χ0v) is 11.4. The van der Waals surface area contributed by atoms with E-state index in [1.54, 1.807) is 14.2 Å². The first-order chi connectivity index (χ1) is 7.48. The fraction of sp³-hybridized carbons (Fsp3) is 1.00.